The highest BCUT2D eigenvalue weighted by molar-refractivity contribution is 7.98. The number of hydrogen-bond donors (Lipinski definition) is 3. The fourth-order valence-corrected chi connectivity index (χ4v) is 1.97. The van der Waals surface area contributed by atoms with Gasteiger partial charge < -0.3 is 15.4 Å². The number of rotatable bonds is 3. The summed E-state index contributed by atoms with van der Waals surface area (Å²) in [6.45, 7) is 1.27. The third-order valence-electron chi connectivity index (χ3n) is 2.42. The molecule has 104 valence electrons. The standard InChI is InChI=1S/C11H10N4O4S/c1-4(16)13-9-6-7(17)5(10(18)19)3-12-8(6)14-11(15-9)20-2/h3H,1-2H3,(H,18,19)(H2,12,13,14,15,16,17). The number of anilines is 1. The first-order chi connectivity index (χ1) is 9.43. The van der Waals surface area contributed by atoms with Crippen molar-refractivity contribution in [1.82, 2.24) is 15.0 Å². The van der Waals surface area contributed by atoms with Crippen LogP contribution in [0.1, 0.15) is 17.3 Å². The van der Waals surface area contributed by atoms with Crippen molar-refractivity contribution in [2.45, 2.75) is 12.1 Å². The second kappa shape index (κ2) is 5.29. The Morgan fingerprint density at radius 2 is 2.10 bits per heavy atom. The number of pyridine rings is 1. The van der Waals surface area contributed by atoms with Gasteiger partial charge in [0.05, 0.1) is 0 Å². The van der Waals surface area contributed by atoms with Crippen LogP contribution in [0.5, 0.6) is 0 Å². The maximum atomic E-state index is 12.1. The molecule has 3 N–H and O–H groups in total. The van der Waals surface area contributed by atoms with Gasteiger partial charge in [-0.1, -0.05) is 11.8 Å². The number of thioether (sulfide) groups is 1. The maximum absolute atomic E-state index is 12.1. The van der Waals surface area contributed by atoms with Gasteiger partial charge in [0.1, 0.15) is 16.6 Å². The predicted molar refractivity (Wildman–Crippen MR) is 73.2 cm³/mol. The molecule has 9 heteroatoms. The molecule has 2 aromatic heterocycles. The fraction of sp³-hybridized carbons (Fsp3) is 0.182. The van der Waals surface area contributed by atoms with E-state index in [9.17, 15) is 14.4 Å². The first kappa shape index (κ1) is 14.0. The fourth-order valence-electron chi connectivity index (χ4n) is 1.61. The van der Waals surface area contributed by atoms with E-state index < -0.39 is 22.9 Å². The Balaban J connectivity index is 2.84. The molecule has 0 spiro atoms. The molecule has 0 saturated carbocycles. The van der Waals surface area contributed by atoms with Gasteiger partial charge in [-0.05, 0) is 6.26 Å². The minimum Gasteiger partial charge on any atom is -0.477 e. The predicted octanol–water partition coefficient (Wildman–Crippen LogP) is 0.697. The van der Waals surface area contributed by atoms with E-state index in [4.69, 9.17) is 5.11 Å². The van der Waals surface area contributed by atoms with E-state index in [-0.39, 0.29) is 16.9 Å². The molecule has 0 bridgehead atoms. The van der Waals surface area contributed by atoms with E-state index in [1.807, 2.05) is 0 Å². The highest BCUT2D eigenvalue weighted by Crippen LogP contribution is 2.20. The maximum Gasteiger partial charge on any atom is 0.341 e. The normalized spacial score (nSPS) is 10.5. The number of carbonyl (C=O) groups excluding carboxylic acids is 1. The SMILES string of the molecule is CSc1nc(NC(C)=O)c2c(=O)c(C(=O)O)c[nH]c2n1. The number of carbonyl (C=O) groups is 2. The molecule has 20 heavy (non-hydrogen) atoms. The summed E-state index contributed by atoms with van der Waals surface area (Å²) >= 11 is 1.23. The molecular formula is C11H10N4O4S. The van der Waals surface area contributed by atoms with Crippen LogP contribution in [0, 0.1) is 0 Å². The van der Waals surface area contributed by atoms with Gasteiger partial charge in [-0.2, -0.15) is 0 Å². The van der Waals surface area contributed by atoms with Crippen LogP contribution in [0.25, 0.3) is 11.0 Å². The van der Waals surface area contributed by atoms with E-state index in [0.29, 0.717) is 5.16 Å². The van der Waals surface area contributed by atoms with Gasteiger partial charge in [-0.25, -0.2) is 14.8 Å². The minimum atomic E-state index is -1.36. The lowest BCUT2D eigenvalue weighted by Gasteiger charge is -2.07. The second-order valence-electron chi connectivity index (χ2n) is 3.80. The lowest BCUT2D eigenvalue weighted by molar-refractivity contribution is -0.114. The largest absolute Gasteiger partial charge is 0.477 e. The molecule has 0 atom stereocenters. The zero-order chi connectivity index (χ0) is 14.9. The Hall–Kier alpha value is -2.42. The zero-order valence-corrected chi connectivity index (χ0v) is 11.4. The number of nitrogens with one attached hydrogen (secondary N) is 2. The number of aromatic carboxylic acids is 1. The molecule has 0 aliphatic carbocycles. The number of aromatic nitrogens is 3. The minimum absolute atomic E-state index is 0.00352. The smallest absolute Gasteiger partial charge is 0.341 e. The molecule has 1 amide bonds. The lowest BCUT2D eigenvalue weighted by atomic mass is 10.2. The second-order valence-corrected chi connectivity index (χ2v) is 4.57. The third kappa shape index (κ3) is 2.48. The Bertz CT molecular complexity index is 771. The van der Waals surface area contributed by atoms with Crippen LogP contribution in [0.3, 0.4) is 0 Å². The van der Waals surface area contributed by atoms with Gasteiger partial charge in [-0.3, -0.25) is 9.59 Å². The van der Waals surface area contributed by atoms with Crippen LogP contribution in [0.4, 0.5) is 5.82 Å². The van der Waals surface area contributed by atoms with Crippen LogP contribution in [-0.4, -0.2) is 38.2 Å². The molecule has 2 aromatic rings. The van der Waals surface area contributed by atoms with Crippen LogP contribution in [0.15, 0.2) is 16.1 Å². The molecule has 0 saturated heterocycles. The average Bonchev–Trinajstić information content (AvgIpc) is 2.37. The number of nitrogens with zero attached hydrogens (tertiary/aromatic N) is 2. The van der Waals surface area contributed by atoms with Crippen molar-refractivity contribution in [1.29, 1.82) is 0 Å². The van der Waals surface area contributed by atoms with Gasteiger partial charge >= 0.3 is 5.97 Å². The highest BCUT2D eigenvalue weighted by atomic mass is 32.2. The Kier molecular flexibility index (Phi) is 3.70. The van der Waals surface area contributed by atoms with Gasteiger partial charge in [-0.15, -0.1) is 0 Å². The average molecular weight is 294 g/mol. The van der Waals surface area contributed by atoms with Crippen molar-refractivity contribution in [3.63, 3.8) is 0 Å². The quantitative estimate of drug-likeness (QED) is 0.562. The molecule has 0 aliphatic rings. The number of amides is 1. The number of carboxylic acids is 1. The summed E-state index contributed by atoms with van der Waals surface area (Å²) < 4.78 is 0. The third-order valence-corrected chi connectivity index (χ3v) is 2.97. The van der Waals surface area contributed by atoms with Crippen LogP contribution in [-0.2, 0) is 4.79 Å². The molecule has 0 fully saturated rings. The summed E-state index contributed by atoms with van der Waals surface area (Å²) in [5, 5.41) is 11.6. The first-order valence-corrected chi connectivity index (χ1v) is 6.64. The number of hydrogen-bond acceptors (Lipinski definition) is 6. The monoisotopic (exact) mass is 294 g/mol. The molecule has 0 aromatic carbocycles. The molecule has 0 aliphatic heterocycles. The summed E-state index contributed by atoms with van der Waals surface area (Å²) in [6.07, 6.45) is 2.81. The van der Waals surface area contributed by atoms with Crippen molar-refractivity contribution >= 4 is 40.5 Å². The van der Waals surface area contributed by atoms with E-state index in [0.717, 1.165) is 6.20 Å². The molecular weight excluding hydrogens is 284 g/mol. The van der Waals surface area contributed by atoms with E-state index in [2.05, 4.69) is 20.3 Å². The van der Waals surface area contributed by atoms with Crippen LogP contribution >= 0.6 is 11.8 Å². The number of aromatic amines is 1. The molecule has 0 unspecified atom stereocenters. The van der Waals surface area contributed by atoms with E-state index in [1.54, 1.807) is 6.26 Å². The number of H-pyrrole nitrogens is 1. The van der Waals surface area contributed by atoms with E-state index >= 15 is 0 Å². The van der Waals surface area contributed by atoms with Crippen molar-refractivity contribution in [2.75, 3.05) is 11.6 Å². The van der Waals surface area contributed by atoms with Gasteiger partial charge in [0.15, 0.2) is 11.0 Å². The van der Waals surface area contributed by atoms with Crippen LogP contribution in [0.2, 0.25) is 0 Å². The van der Waals surface area contributed by atoms with Crippen LogP contribution < -0.4 is 10.7 Å². The molecule has 8 nitrogen and oxygen atoms in total. The number of fused-ring (bicyclic) bond motifs is 1. The van der Waals surface area contributed by atoms with Crippen molar-refractivity contribution < 1.29 is 14.7 Å². The van der Waals surface area contributed by atoms with Crippen molar-refractivity contribution in [2.24, 2.45) is 0 Å². The Morgan fingerprint density at radius 3 is 2.65 bits per heavy atom. The topological polar surface area (TPSA) is 125 Å². The molecule has 2 heterocycles. The first-order valence-electron chi connectivity index (χ1n) is 5.42. The van der Waals surface area contributed by atoms with Gasteiger partial charge in [0.2, 0.25) is 11.3 Å². The summed E-state index contributed by atoms with van der Waals surface area (Å²) in [7, 11) is 0. The molecule has 0 radical (unpaired) electrons. The van der Waals surface area contributed by atoms with Gasteiger partial charge in [0.25, 0.3) is 0 Å². The summed E-state index contributed by atoms with van der Waals surface area (Å²) in [6, 6.07) is 0. The highest BCUT2D eigenvalue weighted by Gasteiger charge is 2.17. The van der Waals surface area contributed by atoms with Crippen molar-refractivity contribution in [3.8, 4) is 0 Å². The van der Waals surface area contributed by atoms with Gasteiger partial charge in [0, 0.05) is 13.1 Å². The summed E-state index contributed by atoms with van der Waals surface area (Å²) in [5.74, 6) is -1.79. The zero-order valence-electron chi connectivity index (χ0n) is 10.6. The molecule has 2 rings (SSSR count). The van der Waals surface area contributed by atoms with E-state index in [1.165, 1.54) is 18.7 Å². The number of carboxylic acid groups (broad SMARTS) is 1. The Morgan fingerprint density at radius 1 is 1.40 bits per heavy atom. The lowest BCUT2D eigenvalue weighted by Crippen LogP contribution is -2.19. The summed E-state index contributed by atoms with van der Waals surface area (Å²) in [5.41, 5.74) is -1.02. The summed E-state index contributed by atoms with van der Waals surface area (Å²) in [4.78, 5) is 45.0. The van der Waals surface area contributed by atoms with Crippen molar-refractivity contribution in [3.05, 3.63) is 22.0 Å². The Labute approximate surface area is 116 Å².